The van der Waals surface area contributed by atoms with Crippen LogP contribution in [0.25, 0.3) is 27.5 Å². The van der Waals surface area contributed by atoms with Gasteiger partial charge >= 0.3 is 5.97 Å². The predicted octanol–water partition coefficient (Wildman–Crippen LogP) is 5.88. The summed E-state index contributed by atoms with van der Waals surface area (Å²) < 4.78 is 29.8. The molecule has 1 aliphatic carbocycles. The lowest BCUT2D eigenvalue weighted by molar-refractivity contribution is -0.154. The molecule has 2 aromatic heterocycles. The third-order valence-corrected chi connectivity index (χ3v) is 6.63. The summed E-state index contributed by atoms with van der Waals surface area (Å²) in [4.78, 5) is 11.7. The average molecular weight is 423 g/mol. The number of fused-ring (bicyclic) bond motifs is 2. The van der Waals surface area contributed by atoms with E-state index in [9.17, 15) is 18.7 Å². The molecule has 2 aromatic carbocycles. The highest BCUT2D eigenvalue weighted by molar-refractivity contribution is 5.99. The van der Waals surface area contributed by atoms with E-state index < -0.39 is 23.0 Å². The van der Waals surface area contributed by atoms with E-state index in [0.717, 1.165) is 39.1 Å². The van der Waals surface area contributed by atoms with Gasteiger partial charge in [-0.25, -0.2) is 8.78 Å². The number of aromatic amines is 1. The molecule has 31 heavy (non-hydrogen) atoms. The van der Waals surface area contributed by atoms with E-state index in [2.05, 4.69) is 24.0 Å². The minimum absolute atomic E-state index is 0.0768. The summed E-state index contributed by atoms with van der Waals surface area (Å²) in [5, 5.41) is 18.6. The second kappa shape index (κ2) is 6.64. The number of nitrogens with one attached hydrogen (secondary N) is 1. The van der Waals surface area contributed by atoms with Gasteiger partial charge in [-0.05, 0) is 61.4 Å². The molecule has 0 atom stereocenters. The van der Waals surface area contributed by atoms with Crippen molar-refractivity contribution in [3.63, 3.8) is 0 Å². The molecule has 5 nitrogen and oxygen atoms in total. The van der Waals surface area contributed by atoms with Crippen LogP contribution in [0.4, 0.5) is 8.78 Å². The lowest BCUT2D eigenvalue weighted by Gasteiger charge is -2.42. The summed E-state index contributed by atoms with van der Waals surface area (Å²) in [6, 6.07) is 7.97. The van der Waals surface area contributed by atoms with Crippen molar-refractivity contribution in [2.75, 3.05) is 0 Å². The minimum Gasteiger partial charge on any atom is -0.481 e. The molecule has 0 unspecified atom stereocenters. The number of carboxylic acid groups (broad SMARTS) is 1. The van der Waals surface area contributed by atoms with Crippen LogP contribution < -0.4 is 0 Å². The molecular weight excluding hydrogens is 400 g/mol. The molecule has 2 N–H and O–H groups in total. The third kappa shape index (κ3) is 2.86. The van der Waals surface area contributed by atoms with Gasteiger partial charge in [-0.1, -0.05) is 13.8 Å². The van der Waals surface area contributed by atoms with Gasteiger partial charge < -0.3 is 9.67 Å². The van der Waals surface area contributed by atoms with Gasteiger partial charge in [0.2, 0.25) is 0 Å². The Bertz CT molecular complexity index is 1350. The fraction of sp³-hybridized carbons (Fsp3) is 0.333. The summed E-state index contributed by atoms with van der Waals surface area (Å²) >= 11 is 0. The number of rotatable bonds is 4. The number of benzene rings is 2. The SMILES string of the molecule is CC(C)c1c(C2CC(C)(C(=O)O)C2)c2cc3[nH]ncc3cc2n1-c1ccc(F)c(F)c1. The van der Waals surface area contributed by atoms with Gasteiger partial charge in [-0.3, -0.25) is 9.89 Å². The molecule has 7 heteroatoms. The monoisotopic (exact) mass is 423 g/mol. The lowest BCUT2D eigenvalue weighted by atomic mass is 9.60. The van der Waals surface area contributed by atoms with E-state index in [1.54, 1.807) is 19.2 Å². The zero-order chi connectivity index (χ0) is 22.1. The predicted molar refractivity (Wildman–Crippen MR) is 115 cm³/mol. The lowest BCUT2D eigenvalue weighted by Crippen LogP contribution is -2.40. The van der Waals surface area contributed by atoms with E-state index in [-0.39, 0.29) is 11.8 Å². The first kappa shape index (κ1) is 19.7. The topological polar surface area (TPSA) is 70.9 Å². The average Bonchev–Trinajstić information content (AvgIpc) is 3.27. The zero-order valence-electron chi connectivity index (χ0n) is 17.5. The van der Waals surface area contributed by atoms with Crippen LogP contribution in [-0.2, 0) is 4.79 Å². The maximum Gasteiger partial charge on any atom is 0.309 e. The van der Waals surface area contributed by atoms with Crippen molar-refractivity contribution in [2.24, 2.45) is 5.41 Å². The van der Waals surface area contributed by atoms with Crippen LogP contribution in [0.2, 0.25) is 0 Å². The highest BCUT2D eigenvalue weighted by atomic mass is 19.2. The quantitative estimate of drug-likeness (QED) is 0.431. The molecule has 0 spiro atoms. The van der Waals surface area contributed by atoms with E-state index >= 15 is 0 Å². The molecular formula is C24H23F2N3O2. The third-order valence-electron chi connectivity index (χ3n) is 6.63. The van der Waals surface area contributed by atoms with Gasteiger partial charge in [-0.2, -0.15) is 5.10 Å². The van der Waals surface area contributed by atoms with Gasteiger partial charge in [0.1, 0.15) is 0 Å². The van der Waals surface area contributed by atoms with Crippen molar-refractivity contribution in [1.29, 1.82) is 0 Å². The van der Waals surface area contributed by atoms with Crippen LogP contribution in [0.15, 0.2) is 36.5 Å². The number of halogens is 2. The maximum atomic E-state index is 14.2. The molecule has 0 radical (unpaired) electrons. The minimum atomic E-state index is -0.901. The molecule has 0 bridgehead atoms. The molecule has 2 heterocycles. The van der Waals surface area contributed by atoms with E-state index in [4.69, 9.17) is 0 Å². The number of aliphatic carboxylic acids is 1. The second-order valence-electron chi connectivity index (χ2n) is 9.19. The highest BCUT2D eigenvalue weighted by Gasteiger charge is 2.48. The maximum absolute atomic E-state index is 14.2. The van der Waals surface area contributed by atoms with Crippen molar-refractivity contribution in [2.45, 2.75) is 45.4 Å². The van der Waals surface area contributed by atoms with Crippen molar-refractivity contribution in [1.82, 2.24) is 14.8 Å². The number of carboxylic acids is 1. The summed E-state index contributed by atoms with van der Waals surface area (Å²) in [7, 11) is 0. The van der Waals surface area contributed by atoms with Gasteiger partial charge in [0, 0.05) is 28.2 Å². The fourth-order valence-electron chi connectivity index (χ4n) is 5.08. The van der Waals surface area contributed by atoms with Crippen LogP contribution in [0.1, 0.15) is 56.7 Å². The molecule has 5 rings (SSSR count). The van der Waals surface area contributed by atoms with Crippen molar-refractivity contribution in [3.8, 4) is 5.69 Å². The molecule has 4 aromatic rings. The Labute approximate surface area is 177 Å². The number of carbonyl (C=O) groups is 1. The number of hydrogen-bond acceptors (Lipinski definition) is 2. The van der Waals surface area contributed by atoms with Crippen LogP contribution in [0.3, 0.4) is 0 Å². The number of H-pyrrole nitrogens is 1. The molecule has 0 amide bonds. The molecule has 1 saturated carbocycles. The van der Waals surface area contributed by atoms with Crippen LogP contribution in [-0.4, -0.2) is 25.8 Å². The zero-order valence-corrected chi connectivity index (χ0v) is 17.5. The van der Waals surface area contributed by atoms with E-state index in [1.807, 2.05) is 16.7 Å². The Morgan fingerprint density at radius 3 is 2.61 bits per heavy atom. The summed E-state index contributed by atoms with van der Waals surface area (Å²) in [5.41, 5.74) is 3.65. The standard InChI is InChI=1S/C24H23F2N3O2/c1-12(2)22-21(14-9-24(3,10-14)23(30)31)16-8-19-13(11-27-28-19)6-20(16)29(22)15-4-5-17(25)18(26)7-15/h4-8,11-12,14H,9-10H2,1-3H3,(H,27,28)(H,30,31). The summed E-state index contributed by atoms with van der Waals surface area (Å²) in [6.45, 7) is 5.91. The molecule has 160 valence electrons. The van der Waals surface area contributed by atoms with Crippen molar-refractivity contribution in [3.05, 3.63) is 59.4 Å². The van der Waals surface area contributed by atoms with Crippen LogP contribution in [0, 0.1) is 17.0 Å². The summed E-state index contributed by atoms with van der Waals surface area (Å²) in [6.07, 6.45) is 2.82. The molecule has 0 aliphatic heterocycles. The van der Waals surface area contributed by atoms with Gasteiger partial charge in [0.05, 0.1) is 22.6 Å². The molecule has 1 fully saturated rings. The Hall–Kier alpha value is -3.22. The van der Waals surface area contributed by atoms with Crippen molar-refractivity contribution >= 4 is 27.8 Å². The van der Waals surface area contributed by atoms with Gasteiger partial charge in [0.15, 0.2) is 11.6 Å². The van der Waals surface area contributed by atoms with Gasteiger partial charge in [-0.15, -0.1) is 0 Å². The van der Waals surface area contributed by atoms with Crippen molar-refractivity contribution < 1.29 is 18.7 Å². The molecule has 1 aliphatic rings. The van der Waals surface area contributed by atoms with E-state index in [1.165, 1.54) is 6.07 Å². The number of hydrogen-bond donors (Lipinski definition) is 2. The normalized spacial score (nSPS) is 21.2. The number of aromatic nitrogens is 3. The Kier molecular flexibility index (Phi) is 4.22. The first-order valence-electron chi connectivity index (χ1n) is 10.4. The largest absolute Gasteiger partial charge is 0.481 e. The van der Waals surface area contributed by atoms with Gasteiger partial charge in [0.25, 0.3) is 0 Å². The summed E-state index contributed by atoms with van der Waals surface area (Å²) in [5.74, 6) is -2.41. The Morgan fingerprint density at radius 2 is 1.97 bits per heavy atom. The Morgan fingerprint density at radius 1 is 1.23 bits per heavy atom. The highest BCUT2D eigenvalue weighted by Crippen LogP contribution is 2.55. The Balaban J connectivity index is 1.82. The van der Waals surface area contributed by atoms with Crippen LogP contribution >= 0.6 is 0 Å². The fourth-order valence-corrected chi connectivity index (χ4v) is 5.08. The van der Waals surface area contributed by atoms with Crippen LogP contribution in [0.5, 0.6) is 0 Å². The van der Waals surface area contributed by atoms with E-state index in [0.29, 0.717) is 18.5 Å². The second-order valence-corrected chi connectivity index (χ2v) is 9.19. The first-order valence-corrected chi connectivity index (χ1v) is 10.4. The number of nitrogens with zero attached hydrogens (tertiary/aromatic N) is 2. The first-order chi connectivity index (χ1) is 14.7. The molecule has 0 saturated heterocycles. The smallest absolute Gasteiger partial charge is 0.309 e.